The summed E-state index contributed by atoms with van der Waals surface area (Å²) in [6, 6.07) is 12.0. The number of nitrogens with zero attached hydrogens (tertiary/aromatic N) is 2. The lowest BCUT2D eigenvalue weighted by Gasteiger charge is -2.39. The number of ether oxygens (including phenoxy) is 2. The Labute approximate surface area is 215 Å². The molecule has 37 heavy (non-hydrogen) atoms. The highest BCUT2D eigenvalue weighted by Crippen LogP contribution is 2.44. The molecule has 4 rings (SSSR count). The van der Waals surface area contributed by atoms with Crippen molar-refractivity contribution in [3.8, 4) is 5.75 Å². The van der Waals surface area contributed by atoms with Crippen molar-refractivity contribution in [1.82, 2.24) is 9.55 Å². The molecule has 6 nitrogen and oxygen atoms in total. The average molecular weight is 518 g/mol. The van der Waals surface area contributed by atoms with Crippen LogP contribution in [0.3, 0.4) is 0 Å². The van der Waals surface area contributed by atoms with Gasteiger partial charge in [-0.3, -0.25) is 4.79 Å². The van der Waals surface area contributed by atoms with E-state index in [9.17, 15) is 18.0 Å². The second kappa shape index (κ2) is 11.0. The molecule has 3 atom stereocenters. The van der Waals surface area contributed by atoms with Crippen LogP contribution < -0.4 is 10.1 Å². The number of nitrogens with one attached hydrogen (secondary N) is 1. The van der Waals surface area contributed by atoms with Gasteiger partial charge in [-0.05, 0) is 79.0 Å². The molecule has 9 heteroatoms. The maximum absolute atomic E-state index is 12.6. The van der Waals surface area contributed by atoms with Crippen molar-refractivity contribution in [2.75, 3.05) is 12.4 Å². The van der Waals surface area contributed by atoms with Gasteiger partial charge in [0.25, 0.3) is 0 Å². The fourth-order valence-electron chi connectivity index (χ4n) is 5.39. The van der Waals surface area contributed by atoms with E-state index in [1.54, 1.807) is 12.1 Å². The van der Waals surface area contributed by atoms with Crippen LogP contribution in [0, 0.1) is 17.8 Å². The van der Waals surface area contributed by atoms with Crippen molar-refractivity contribution >= 4 is 28.6 Å². The summed E-state index contributed by atoms with van der Waals surface area (Å²) in [6.07, 6.45) is -0.566. The first kappa shape index (κ1) is 26.8. The Morgan fingerprint density at radius 1 is 1.16 bits per heavy atom. The lowest BCUT2D eigenvalue weighted by atomic mass is 9.74. The van der Waals surface area contributed by atoms with E-state index in [1.165, 1.54) is 25.7 Å². The van der Waals surface area contributed by atoms with Crippen LogP contribution in [-0.2, 0) is 16.0 Å². The van der Waals surface area contributed by atoms with Crippen LogP contribution in [0.2, 0.25) is 0 Å². The van der Waals surface area contributed by atoms with Crippen molar-refractivity contribution in [3.63, 3.8) is 0 Å². The molecule has 0 bridgehead atoms. The standard InChI is InChI=1S/C28H34F3N3O3/c1-17(2)22-12-5-18(3)15-25(22)34-24-13-6-19(7-14-26(35)36-4)16-23(24)33-27(34)32-20-8-10-21(11-9-20)37-28(29,30)31/h6,8-11,13,16-18,22,25H,5,7,12,14-15H2,1-4H3,(H,32,33)/t18?,22-,25?/m0/s1. The van der Waals surface area contributed by atoms with E-state index in [4.69, 9.17) is 9.72 Å². The molecule has 3 aromatic rings. The lowest BCUT2D eigenvalue weighted by molar-refractivity contribution is -0.274. The van der Waals surface area contributed by atoms with E-state index in [0.717, 1.165) is 29.4 Å². The van der Waals surface area contributed by atoms with E-state index >= 15 is 0 Å². The fourth-order valence-corrected chi connectivity index (χ4v) is 5.39. The predicted molar refractivity (Wildman–Crippen MR) is 137 cm³/mol. The van der Waals surface area contributed by atoms with E-state index in [-0.39, 0.29) is 24.2 Å². The van der Waals surface area contributed by atoms with Crippen molar-refractivity contribution in [2.45, 2.75) is 65.3 Å². The summed E-state index contributed by atoms with van der Waals surface area (Å²) >= 11 is 0. The molecule has 0 saturated heterocycles. The predicted octanol–water partition coefficient (Wildman–Crippen LogP) is 7.42. The first-order valence-electron chi connectivity index (χ1n) is 12.7. The van der Waals surface area contributed by atoms with Gasteiger partial charge in [-0.1, -0.05) is 33.3 Å². The number of carbonyl (C=O) groups is 1. The number of methoxy groups -OCH3 is 1. The number of benzene rings is 2. The number of carbonyl (C=O) groups excluding carboxylic acids is 1. The summed E-state index contributed by atoms with van der Waals surface area (Å²) in [7, 11) is 1.38. The fraction of sp³-hybridized carbons (Fsp3) is 0.500. The zero-order chi connectivity index (χ0) is 26.7. The Morgan fingerprint density at radius 3 is 2.54 bits per heavy atom. The van der Waals surface area contributed by atoms with Gasteiger partial charge in [-0.15, -0.1) is 13.2 Å². The minimum atomic E-state index is -4.74. The summed E-state index contributed by atoms with van der Waals surface area (Å²) < 4.78 is 48.8. The number of alkyl halides is 3. The van der Waals surface area contributed by atoms with Crippen LogP contribution in [0.4, 0.5) is 24.8 Å². The monoisotopic (exact) mass is 517 g/mol. The van der Waals surface area contributed by atoms with Crippen molar-refractivity contribution in [2.24, 2.45) is 17.8 Å². The van der Waals surface area contributed by atoms with Crippen LogP contribution in [0.25, 0.3) is 11.0 Å². The molecule has 2 unspecified atom stereocenters. The van der Waals surface area contributed by atoms with E-state index < -0.39 is 6.36 Å². The number of hydrogen-bond acceptors (Lipinski definition) is 5. The molecule has 0 aliphatic heterocycles. The number of hydrogen-bond donors (Lipinski definition) is 1. The van der Waals surface area contributed by atoms with Crippen LogP contribution in [0.5, 0.6) is 5.75 Å². The highest BCUT2D eigenvalue weighted by atomic mass is 19.4. The molecular weight excluding hydrogens is 483 g/mol. The minimum Gasteiger partial charge on any atom is -0.469 e. The van der Waals surface area contributed by atoms with E-state index in [1.807, 2.05) is 12.1 Å². The van der Waals surface area contributed by atoms with Gasteiger partial charge in [0.15, 0.2) is 0 Å². The topological polar surface area (TPSA) is 65.4 Å². The number of halogens is 3. The van der Waals surface area contributed by atoms with Gasteiger partial charge >= 0.3 is 12.3 Å². The number of fused-ring (bicyclic) bond motifs is 1. The summed E-state index contributed by atoms with van der Waals surface area (Å²) in [4.78, 5) is 16.5. The van der Waals surface area contributed by atoms with Gasteiger partial charge in [0, 0.05) is 18.2 Å². The van der Waals surface area contributed by atoms with Gasteiger partial charge in [0.05, 0.1) is 18.1 Å². The molecule has 200 valence electrons. The molecule has 1 aromatic heterocycles. The molecule has 1 aliphatic carbocycles. The zero-order valence-electron chi connectivity index (χ0n) is 21.6. The molecule has 1 heterocycles. The maximum Gasteiger partial charge on any atom is 0.573 e. The first-order chi connectivity index (χ1) is 17.5. The molecule has 1 fully saturated rings. The van der Waals surface area contributed by atoms with Crippen molar-refractivity contribution in [1.29, 1.82) is 0 Å². The largest absolute Gasteiger partial charge is 0.573 e. The summed E-state index contributed by atoms with van der Waals surface area (Å²) in [5.74, 6) is 1.64. The third-order valence-electron chi connectivity index (χ3n) is 7.26. The summed E-state index contributed by atoms with van der Waals surface area (Å²) in [6.45, 7) is 6.79. The molecule has 1 saturated carbocycles. The maximum atomic E-state index is 12.6. The van der Waals surface area contributed by atoms with Gasteiger partial charge in [-0.2, -0.15) is 0 Å². The average Bonchev–Trinajstić information content (AvgIpc) is 3.19. The Balaban J connectivity index is 1.72. The quantitative estimate of drug-likeness (QED) is 0.315. The molecular formula is C28H34F3N3O3. The number of imidazole rings is 1. The normalized spacial score (nSPS) is 20.3. The third-order valence-corrected chi connectivity index (χ3v) is 7.26. The molecule has 0 amide bonds. The number of anilines is 2. The highest BCUT2D eigenvalue weighted by Gasteiger charge is 2.34. The lowest BCUT2D eigenvalue weighted by Crippen LogP contribution is -2.30. The number of aromatic nitrogens is 2. The second-order valence-electron chi connectivity index (χ2n) is 10.3. The Bertz CT molecular complexity index is 1220. The third kappa shape index (κ3) is 6.56. The Kier molecular flexibility index (Phi) is 7.99. The Morgan fingerprint density at radius 2 is 1.89 bits per heavy atom. The van der Waals surface area contributed by atoms with Crippen LogP contribution >= 0.6 is 0 Å². The first-order valence-corrected chi connectivity index (χ1v) is 12.7. The summed E-state index contributed by atoms with van der Waals surface area (Å²) in [5, 5.41) is 3.34. The van der Waals surface area contributed by atoms with Gasteiger partial charge in [0.1, 0.15) is 5.75 Å². The smallest absolute Gasteiger partial charge is 0.469 e. The molecule has 1 N–H and O–H groups in total. The van der Waals surface area contributed by atoms with Crippen molar-refractivity contribution in [3.05, 3.63) is 48.0 Å². The second-order valence-corrected chi connectivity index (χ2v) is 10.3. The van der Waals surface area contributed by atoms with Crippen LogP contribution in [0.1, 0.15) is 58.1 Å². The Hall–Kier alpha value is -3.23. The summed E-state index contributed by atoms with van der Waals surface area (Å²) in [5.41, 5.74) is 3.40. The van der Waals surface area contributed by atoms with Gasteiger partial charge < -0.3 is 19.4 Å². The van der Waals surface area contributed by atoms with Crippen molar-refractivity contribution < 1.29 is 27.4 Å². The van der Waals surface area contributed by atoms with E-state index in [2.05, 4.69) is 41.5 Å². The van der Waals surface area contributed by atoms with Gasteiger partial charge in [0.2, 0.25) is 5.95 Å². The molecule has 0 radical (unpaired) electrons. The zero-order valence-corrected chi connectivity index (χ0v) is 21.6. The van der Waals surface area contributed by atoms with Crippen LogP contribution in [-0.4, -0.2) is 29.0 Å². The number of aryl methyl sites for hydroxylation is 1. The number of esters is 1. The molecule has 2 aromatic carbocycles. The molecule has 0 spiro atoms. The minimum absolute atomic E-state index is 0.227. The van der Waals surface area contributed by atoms with E-state index in [0.29, 0.717) is 35.8 Å². The van der Waals surface area contributed by atoms with Crippen LogP contribution in [0.15, 0.2) is 42.5 Å². The SMILES string of the molecule is COC(=O)CCc1ccc2c(c1)nc(Nc1ccc(OC(F)(F)F)cc1)n2C1CC(C)CC[C@H]1C(C)C. The molecule has 1 aliphatic rings. The number of rotatable bonds is 8. The van der Waals surface area contributed by atoms with Gasteiger partial charge in [-0.25, -0.2) is 4.98 Å². The highest BCUT2D eigenvalue weighted by molar-refractivity contribution is 5.81.